The van der Waals surface area contributed by atoms with Crippen molar-refractivity contribution in [1.82, 2.24) is 0 Å². The molecule has 0 radical (unpaired) electrons. The van der Waals surface area contributed by atoms with E-state index in [4.69, 9.17) is 9.47 Å². The Labute approximate surface area is 99.8 Å². The molecule has 0 bridgehead atoms. The topological polar surface area (TPSA) is 38.7 Å². The zero-order valence-corrected chi connectivity index (χ0v) is 10.1. The molecule has 1 atom stereocenters. The largest absolute Gasteiger partial charge is 0.490 e. The van der Waals surface area contributed by atoms with Crippen molar-refractivity contribution in [2.75, 3.05) is 19.0 Å². The van der Waals surface area contributed by atoms with E-state index in [1.165, 1.54) is 0 Å². The maximum Gasteiger partial charge on any atom is 0.162 e. The number of benzene rings is 1. The molecule has 3 nitrogen and oxygen atoms in total. The highest BCUT2D eigenvalue weighted by atomic mass is 32.2. The highest BCUT2D eigenvalue weighted by molar-refractivity contribution is 7.99. The van der Waals surface area contributed by atoms with Crippen LogP contribution in [0.3, 0.4) is 0 Å². The molecular weight excluding hydrogens is 224 g/mol. The molecule has 88 valence electrons. The van der Waals surface area contributed by atoms with Crippen molar-refractivity contribution in [2.24, 2.45) is 0 Å². The lowest BCUT2D eigenvalue weighted by atomic mass is 10.3. The second-order valence-corrected chi connectivity index (χ2v) is 4.91. The fourth-order valence-corrected chi connectivity index (χ4v) is 2.24. The van der Waals surface area contributed by atoms with Gasteiger partial charge in [0.1, 0.15) is 0 Å². The lowest BCUT2D eigenvalue weighted by Crippen LogP contribution is -2.02. The van der Waals surface area contributed by atoms with Gasteiger partial charge in [0.15, 0.2) is 11.5 Å². The van der Waals surface area contributed by atoms with Gasteiger partial charge in [-0.1, -0.05) is 0 Å². The first-order valence-corrected chi connectivity index (χ1v) is 6.45. The molecule has 1 aliphatic rings. The SMILES string of the molecule is CC(O)CSc1ccc2c(c1)OCCCO2. The molecule has 4 heteroatoms. The van der Waals surface area contributed by atoms with Crippen LogP contribution < -0.4 is 9.47 Å². The Morgan fingerprint density at radius 1 is 1.31 bits per heavy atom. The van der Waals surface area contributed by atoms with Gasteiger partial charge in [-0.25, -0.2) is 0 Å². The number of aliphatic hydroxyl groups excluding tert-OH is 1. The van der Waals surface area contributed by atoms with E-state index in [9.17, 15) is 5.11 Å². The summed E-state index contributed by atoms with van der Waals surface area (Å²) in [6, 6.07) is 5.92. The molecule has 0 saturated carbocycles. The summed E-state index contributed by atoms with van der Waals surface area (Å²) in [6.07, 6.45) is 0.631. The Bertz CT molecular complexity index is 352. The summed E-state index contributed by atoms with van der Waals surface area (Å²) in [7, 11) is 0. The molecule has 1 aromatic rings. The number of rotatable bonds is 3. The predicted molar refractivity (Wildman–Crippen MR) is 64.5 cm³/mol. The monoisotopic (exact) mass is 240 g/mol. The molecule has 0 saturated heterocycles. The zero-order valence-electron chi connectivity index (χ0n) is 9.31. The van der Waals surface area contributed by atoms with Crippen LogP contribution in [0.5, 0.6) is 11.5 Å². The van der Waals surface area contributed by atoms with E-state index in [0.29, 0.717) is 19.0 Å². The molecule has 1 aliphatic heterocycles. The minimum atomic E-state index is -0.291. The van der Waals surface area contributed by atoms with E-state index in [-0.39, 0.29) is 6.10 Å². The van der Waals surface area contributed by atoms with Crippen LogP contribution in [-0.4, -0.2) is 30.2 Å². The molecule has 1 aromatic carbocycles. The van der Waals surface area contributed by atoms with Crippen molar-refractivity contribution in [3.8, 4) is 11.5 Å². The zero-order chi connectivity index (χ0) is 11.4. The molecule has 16 heavy (non-hydrogen) atoms. The number of aliphatic hydroxyl groups is 1. The quantitative estimate of drug-likeness (QED) is 0.823. The number of ether oxygens (including phenoxy) is 2. The normalized spacial score (nSPS) is 16.6. The van der Waals surface area contributed by atoms with E-state index in [2.05, 4.69) is 0 Å². The highest BCUT2D eigenvalue weighted by Crippen LogP contribution is 2.33. The molecule has 0 amide bonds. The van der Waals surface area contributed by atoms with Crippen LogP contribution in [0.25, 0.3) is 0 Å². The first kappa shape index (κ1) is 11.6. The van der Waals surface area contributed by atoms with Gasteiger partial charge in [-0.05, 0) is 25.1 Å². The first-order valence-electron chi connectivity index (χ1n) is 5.46. The van der Waals surface area contributed by atoms with Crippen molar-refractivity contribution in [3.05, 3.63) is 18.2 Å². The van der Waals surface area contributed by atoms with Crippen molar-refractivity contribution < 1.29 is 14.6 Å². The van der Waals surface area contributed by atoms with E-state index >= 15 is 0 Å². The molecule has 1 N–H and O–H groups in total. The Kier molecular flexibility index (Phi) is 3.96. The van der Waals surface area contributed by atoms with E-state index < -0.39 is 0 Å². The van der Waals surface area contributed by atoms with Crippen molar-refractivity contribution in [2.45, 2.75) is 24.3 Å². The third kappa shape index (κ3) is 3.06. The van der Waals surface area contributed by atoms with E-state index in [1.54, 1.807) is 18.7 Å². The Hall–Kier alpha value is -0.870. The maximum atomic E-state index is 9.22. The van der Waals surface area contributed by atoms with E-state index in [0.717, 1.165) is 22.8 Å². The summed E-state index contributed by atoms with van der Waals surface area (Å²) < 4.78 is 11.1. The second-order valence-electron chi connectivity index (χ2n) is 3.82. The Balaban J connectivity index is 2.08. The summed E-state index contributed by atoms with van der Waals surface area (Å²) in [5, 5.41) is 9.22. The van der Waals surface area contributed by atoms with Gasteiger partial charge in [0.25, 0.3) is 0 Å². The lowest BCUT2D eigenvalue weighted by molar-refractivity contribution is 0.220. The summed E-state index contributed by atoms with van der Waals surface area (Å²) in [5.41, 5.74) is 0. The fraction of sp³-hybridized carbons (Fsp3) is 0.500. The van der Waals surface area contributed by atoms with Crippen molar-refractivity contribution in [1.29, 1.82) is 0 Å². The van der Waals surface area contributed by atoms with Gasteiger partial charge in [-0.2, -0.15) is 0 Å². The highest BCUT2D eigenvalue weighted by Gasteiger charge is 2.10. The number of hydrogen-bond donors (Lipinski definition) is 1. The first-order chi connectivity index (χ1) is 7.75. The number of fused-ring (bicyclic) bond motifs is 1. The Morgan fingerprint density at radius 3 is 2.81 bits per heavy atom. The lowest BCUT2D eigenvalue weighted by Gasteiger charge is -2.09. The van der Waals surface area contributed by atoms with Crippen LogP contribution in [0.2, 0.25) is 0 Å². The minimum absolute atomic E-state index is 0.291. The van der Waals surface area contributed by atoms with Crippen LogP contribution in [-0.2, 0) is 0 Å². The average molecular weight is 240 g/mol. The molecule has 0 aromatic heterocycles. The third-order valence-corrected chi connectivity index (χ3v) is 3.45. The minimum Gasteiger partial charge on any atom is -0.490 e. The van der Waals surface area contributed by atoms with Gasteiger partial charge in [0.05, 0.1) is 19.3 Å². The molecule has 0 aliphatic carbocycles. The molecule has 1 unspecified atom stereocenters. The predicted octanol–water partition coefficient (Wildman–Crippen LogP) is 2.32. The summed E-state index contributed by atoms with van der Waals surface area (Å²) >= 11 is 1.62. The molecular formula is C12H16O3S. The summed E-state index contributed by atoms with van der Waals surface area (Å²) in [4.78, 5) is 1.10. The molecule has 1 heterocycles. The van der Waals surface area contributed by atoms with Crippen molar-refractivity contribution in [3.63, 3.8) is 0 Å². The molecule has 2 rings (SSSR count). The summed E-state index contributed by atoms with van der Waals surface area (Å²) in [6.45, 7) is 3.21. The third-order valence-electron chi connectivity index (χ3n) is 2.21. The van der Waals surface area contributed by atoms with Gasteiger partial charge >= 0.3 is 0 Å². The Morgan fingerprint density at radius 2 is 2.06 bits per heavy atom. The second kappa shape index (κ2) is 5.46. The van der Waals surface area contributed by atoms with E-state index in [1.807, 2.05) is 18.2 Å². The van der Waals surface area contributed by atoms with Crippen molar-refractivity contribution >= 4 is 11.8 Å². The smallest absolute Gasteiger partial charge is 0.162 e. The van der Waals surface area contributed by atoms with Crippen LogP contribution in [0, 0.1) is 0 Å². The maximum absolute atomic E-state index is 9.22. The number of hydrogen-bond acceptors (Lipinski definition) is 4. The van der Waals surface area contributed by atoms with Gasteiger partial charge in [-0.3, -0.25) is 0 Å². The summed E-state index contributed by atoms with van der Waals surface area (Å²) in [5.74, 6) is 2.33. The van der Waals surface area contributed by atoms with Crippen LogP contribution in [0.4, 0.5) is 0 Å². The molecule has 0 spiro atoms. The average Bonchev–Trinajstić information content (AvgIpc) is 2.50. The van der Waals surface area contributed by atoms with Crippen LogP contribution in [0.15, 0.2) is 23.1 Å². The van der Waals surface area contributed by atoms with Gasteiger partial charge in [0.2, 0.25) is 0 Å². The van der Waals surface area contributed by atoms with Gasteiger partial charge in [-0.15, -0.1) is 11.8 Å². The standard InChI is InChI=1S/C12H16O3S/c1-9(13)8-16-10-3-4-11-12(7-10)15-6-2-5-14-11/h3-4,7,9,13H,2,5-6,8H2,1H3. The van der Waals surface area contributed by atoms with Crippen LogP contribution in [0.1, 0.15) is 13.3 Å². The fourth-order valence-electron chi connectivity index (χ4n) is 1.45. The van der Waals surface area contributed by atoms with Gasteiger partial charge in [0, 0.05) is 17.1 Å². The molecule has 0 fully saturated rings. The van der Waals surface area contributed by atoms with Crippen LogP contribution >= 0.6 is 11.8 Å². The van der Waals surface area contributed by atoms with Gasteiger partial charge < -0.3 is 14.6 Å². The number of thioether (sulfide) groups is 1.